The SMILES string of the molecule is CC[C@@H](C)NC(=O)CSc1nnc2c3ccccc3nc(-c3ccc(OC)cc3)n12. The number of rotatable bonds is 7. The van der Waals surface area contributed by atoms with Gasteiger partial charge in [0.15, 0.2) is 10.8 Å². The van der Waals surface area contributed by atoms with E-state index in [1.165, 1.54) is 11.8 Å². The fourth-order valence-electron chi connectivity index (χ4n) is 3.14. The first-order valence-corrected chi connectivity index (χ1v) is 10.8. The second-order valence-electron chi connectivity index (χ2n) is 6.99. The van der Waals surface area contributed by atoms with Crippen molar-refractivity contribution in [2.24, 2.45) is 0 Å². The minimum Gasteiger partial charge on any atom is -0.497 e. The summed E-state index contributed by atoms with van der Waals surface area (Å²) in [4.78, 5) is 17.1. The maximum absolute atomic E-state index is 12.3. The van der Waals surface area contributed by atoms with Crippen LogP contribution >= 0.6 is 11.8 Å². The van der Waals surface area contributed by atoms with Crippen molar-refractivity contribution in [2.75, 3.05) is 12.9 Å². The Bertz CT molecular complexity index is 1190. The number of nitrogens with zero attached hydrogens (tertiary/aromatic N) is 4. The zero-order valence-corrected chi connectivity index (χ0v) is 17.9. The molecule has 1 amide bonds. The molecule has 2 aromatic heterocycles. The molecule has 1 atom stereocenters. The van der Waals surface area contributed by atoms with E-state index in [0.717, 1.165) is 40.1 Å². The van der Waals surface area contributed by atoms with Crippen molar-refractivity contribution < 1.29 is 9.53 Å². The average molecular weight is 422 g/mol. The van der Waals surface area contributed by atoms with E-state index in [4.69, 9.17) is 9.72 Å². The minimum atomic E-state index is -0.0224. The highest BCUT2D eigenvalue weighted by Gasteiger charge is 2.18. The van der Waals surface area contributed by atoms with Gasteiger partial charge < -0.3 is 10.1 Å². The molecular formula is C22H23N5O2S. The van der Waals surface area contributed by atoms with Crippen LogP contribution in [0, 0.1) is 0 Å². The Morgan fingerprint density at radius 3 is 2.67 bits per heavy atom. The molecule has 0 fully saturated rings. The van der Waals surface area contributed by atoms with Gasteiger partial charge in [-0.15, -0.1) is 10.2 Å². The average Bonchev–Trinajstić information content (AvgIpc) is 3.21. The third-order valence-corrected chi connectivity index (χ3v) is 5.85. The highest BCUT2D eigenvalue weighted by Crippen LogP contribution is 2.29. The lowest BCUT2D eigenvalue weighted by atomic mass is 10.1. The van der Waals surface area contributed by atoms with E-state index in [1.54, 1.807) is 7.11 Å². The maximum atomic E-state index is 12.3. The van der Waals surface area contributed by atoms with Crippen molar-refractivity contribution in [3.63, 3.8) is 0 Å². The van der Waals surface area contributed by atoms with Crippen LogP contribution in [0.4, 0.5) is 0 Å². The lowest BCUT2D eigenvalue weighted by Crippen LogP contribution is -2.33. The fourth-order valence-corrected chi connectivity index (χ4v) is 3.88. The Kier molecular flexibility index (Phi) is 5.85. The molecule has 0 aliphatic carbocycles. The van der Waals surface area contributed by atoms with Gasteiger partial charge in [-0.25, -0.2) is 4.98 Å². The first-order valence-electron chi connectivity index (χ1n) is 9.81. The first-order chi connectivity index (χ1) is 14.6. The van der Waals surface area contributed by atoms with Gasteiger partial charge in [0.1, 0.15) is 11.6 Å². The summed E-state index contributed by atoms with van der Waals surface area (Å²) in [5, 5.41) is 13.3. The van der Waals surface area contributed by atoms with E-state index in [-0.39, 0.29) is 17.7 Å². The first kappa shape index (κ1) is 20.2. The molecular weight excluding hydrogens is 398 g/mol. The van der Waals surface area contributed by atoms with E-state index in [9.17, 15) is 4.79 Å². The van der Waals surface area contributed by atoms with Gasteiger partial charge in [-0.2, -0.15) is 0 Å². The smallest absolute Gasteiger partial charge is 0.230 e. The summed E-state index contributed by atoms with van der Waals surface area (Å²) >= 11 is 1.35. The molecule has 2 aromatic carbocycles. The van der Waals surface area contributed by atoms with E-state index in [0.29, 0.717) is 5.16 Å². The van der Waals surface area contributed by atoms with Gasteiger partial charge in [-0.1, -0.05) is 30.8 Å². The molecule has 154 valence electrons. The summed E-state index contributed by atoms with van der Waals surface area (Å²) < 4.78 is 7.20. The summed E-state index contributed by atoms with van der Waals surface area (Å²) in [5.41, 5.74) is 2.47. The minimum absolute atomic E-state index is 0.0224. The van der Waals surface area contributed by atoms with Crippen LogP contribution in [0.3, 0.4) is 0 Å². The highest BCUT2D eigenvalue weighted by molar-refractivity contribution is 7.99. The second-order valence-corrected chi connectivity index (χ2v) is 7.93. The lowest BCUT2D eigenvalue weighted by Gasteiger charge is -2.12. The van der Waals surface area contributed by atoms with Crippen LogP contribution in [0.1, 0.15) is 20.3 Å². The molecule has 0 spiro atoms. The standard InChI is InChI=1S/C22H23N5O2S/c1-4-14(2)23-19(28)13-30-22-26-25-21-17-7-5-6-8-18(17)24-20(27(21)22)15-9-11-16(29-3)12-10-15/h5-12,14H,4,13H2,1-3H3,(H,23,28)/t14-/m1/s1. The van der Waals surface area contributed by atoms with Gasteiger partial charge in [0.25, 0.3) is 0 Å². The van der Waals surface area contributed by atoms with E-state index >= 15 is 0 Å². The summed E-state index contributed by atoms with van der Waals surface area (Å²) in [5.74, 6) is 1.74. The third-order valence-electron chi connectivity index (χ3n) is 4.92. The van der Waals surface area contributed by atoms with Crippen molar-refractivity contribution in [1.29, 1.82) is 0 Å². The number of amides is 1. The molecule has 0 saturated heterocycles. The van der Waals surface area contributed by atoms with E-state index in [2.05, 4.69) is 15.5 Å². The van der Waals surface area contributed by atoms with Gasteiger partial charge in [-0.05, 0) is 49.7 Å². The number of nitrogens with one attached hydrogen (secondary N) is 1. The summed E-state index contributed by atoms with van der Waals surface area (Å²) in [6.45, 7) is 4.04. The van der Waals surface area contributed by atoms with Crippen LogP contribution < -0.4 is 10.1 Å². The monoisotopic (exact) mass is 421 g/mol. The van der Waals surface area contributed by atoms with E-state index in [1.807, 2.05) is 66.8 Å². The van der Waals surface area contributed by atoms with Crippen molar-refractivity contribution in [2.45, 2.75) is 31.5 Å². The zero-order chi connectivity index (χ0) is 21.1. The number of carbonyl (C=O) groups is 1. The number of hydrogen-bond acceptors (Lipinski definition) is 6. The number of ether oxygens (including phenoxy) is 1. The molecule has 0 unspecified atom stereocenters. The molecule has 0 aliphatic rings. The van der Waals surface area contributed by atoms with Gasteiger partial charge in [0.2, 0.25) is 5.91 Å². The molecule has 8 heteroatoms. The summed E-state index contributed by atoms with van der Waals surface area (Å²) in [6.07, 6.45) is 0.891. The van der Waals surface area contributed by atoms with Crippen LogP contribution in [-0.2, 0) is 4.79 Å². The molecule has 1 N–H and O–H groups in total. The Morgan fingerprint density at radius 2 is 1.93 bits per heavy atom. The van der Waals surface area contributed by atoms with Gasteiger partial charge >= 0.3 is 0 Å². The lowest BCUT2D eigenvalue weighted by molar-refractivity contribution is -0.119. The zero-order valence-electron chi connectivity index (χ0n) is 17.1. The summed E-state index contributed by atoms with van der Waals surface area (Å²) in [7, 11) is 1.64. The number of aromatic nitrogens is 4. The third kappa shape index (κ3) is 3.95. The van der Waals surface area contributed by atoms with Crippen LogP contribution in [0.15, 0.2) is 53.7 Å². The van der Waals surface area contributed by atoms with Crippen molar-refractivity contribution in [3.05, 3.63) is 48.5 Å². The Balaban J connectivity index is 1.78. The quantitative estimate of drug-likeness (QED) is 0.455. The highest BCUT2D eigenvalue weighted by atomic mass is 32.2. The Hall–Kier alpha value is -3.13. The molecule has 30 heavy (non-hydrogen) atoms. The molecule has 0 saturated carbocycles. The molecule has 0 aliphatic heterocycles. The van der Waals surface area contributed by atoms with Crippen LogP contribution in [0.5, 0.6) is 5.75 Å². The number of carbonyl (C=O) groups excluding carboxylic acids is 1. The predicted octanol–water partition coefficient (Wildman–Crippen LogP) is 3.96. The van der Waals surface area contributed by atoms with Gasteiger partial charge in [-0.3, -0.25) is 9.20 Å². The van der Waals surface area contributed by atoms with Gasteiger partial charge in [0, 0.05) is 17.0 Å². The number of methoxy groups -OCH3 is 1. The number of thioether (sulfide) groups is 1. The topological polar surface area (TPSA) is 81.4 Å². The van der Waals surface area contributed by atoms with Crippen LogP contribution in [0.25, 0.3) is 27.9 Å². The van der Waals surface area contributed by atoms with Crippen LogP contribution in [0.2, 0.25) is 0 Å². The van der Waals surface area contributed by atoms with E-state index < -0.39 is 0 Å². The fraction of sp³-hybridized carbons (Fsp3) is 0.273. The molecule has 7 nitrogen and oxygen atoms in total. The van der Waals surface area contributed by atoms with Crippen LogP contribution in [-0.4, -0.2) is 44.4 Å². The molecule has 0 bridgehead atoms. The predicted molar refractivity (Wildman–Crippen MR) is 119 cm³/mol. The Labute approximate surface area is 178 Å². The van der Waals surface area contributed by atoms with Crippen molar-refractivity contribution in [1.82, 2.24) is 24.9 Å². The van der Waals surface area contributed by atoms with Crippen molar-refractivity contribution in [3.8, 4) is 17.1 Å². The number of fused-ring (bicyclic) bond motifs is 3. The van der Waals surface area contributed by atoms with Crippen molar-refractivity contribution >= 4 is 34.2 Å². The molecule has 4 rings (SSSR count). The largest absolute Gasteiger partial charge is 0.497 e. The number of benzene rings is 2. The number of para-hydroxylation sites is 1. The number of hydrogen-bond donors (Lipinski definition) is 1. The second kappa shape index (κ2) is 8.71. The normalized spacial score (nSPS) is 12.2. The van der Waals surface area contributed by atoms with Gasteiger partial charge in [0.05, 0.1) is 18.4 Å². The molecule has 4 aromatic rings. The Morgan fingerprint density at radius 1 is 1.17 bits per heavy atom. The maximum Gasteiger partial charge on any atom is 0.230 e. The molecule has 2 heterocycles. The summed E-state index contributed by atoms with van der Waals surface area (Å²) in [6, 6.07) is 15.7. The molecule has 0 radical (unpaired) electrons.